The Morgan fingerprint density at radius 1 is 0.750 bits per heavy atom. The molecule has 0 aliphatic heterocycles. The molecular formula is C4H16KNaO10. The summed E-state index contributed by atoms with van der Waals surface area (Å²) in [5.41, 5.74) is 0. The van der Waals surface area contributed by atoms with E-state index in [0.717, 1.165) is 0 Å². The Hall–Kier alpha value is 1.34. The second kappa shape index (κ2) is 21.6. The van der Waals surface area contributed by atoms with Crippen LogP contribution in [0, 0.1) is 0 Å². The minimum atomic E-state index is -2.27. The zero-order valence-corrected chi connectivity index (χ0v) is 6.76. The minimum absolute atomic E-state index is 0. The maximum atomic E-state index is 9.77. The van der Waals surface area contributed by atoms with Crippen LogP contribution in [0.1, 0.15) is 0 Å². The van der Waals surface area contributed by atoms with Crippen molar-refractivity contribution < 1.29 is 51.9 Å². The molecule has 94 valence electrons. The van der Waals surface area contributed by atoms with Crippen LogP contribution in [0.4, 0.5) is 0 Å². The van der Waals surface area contributed by atoms with Crippen molar-refractivity contribution >= 4 is 92.9 Å². The standard InChI is InChI=1S/C4H6O6.K.Na.4H2O.2H/c5-1(3(7)8)2(6)4(9)10;;;;;;;;/h1-2,5-6H,(H,7,8)(H,9,10);;;4*1H2;;. The predicted molar refractivity (Wildman–Crippen MR) is 56.0 cm³/mol. The maximum absolute atomic E-state index is 9.77. The molecule has 2 unspecified atom stereocenters. The zero-order valence-electron chi connectivity index (χ0n) is 6.76. The third kappa shape index (κ3) is 17.7. The molecule has 0 rings (SSSR count). The van der Waals surface area contributed by atoms with E-state index in [-0.39, 0.29) is 103 Å². The summed E-state index contributed by atoms with van der Waals surface area (Å²) >= 11 is 0. The Labute approximate surface area is 155 Å². The van der Waals surface area contributed by atoms with Gasteiger partial charge in [0.15, 0.2) is 12.2 Å². The SMILES string of the molecule is O.O.O.O.O=C(O)C(O)C(O)C(=O)O.[KH].[NaH]. The topological polar surface area (TPSA) is 241 Å². The monoisotopic (exact) mass is 286 g/mol. The average Bonchev–Trinajstić information content (AvgIpc) is 1.84. The summed E-state index contributed by atoms with van der Waals surface area (Å²) in [5, 5.41) is 32.5. The van der Waals surface area contributed by atoms with Crippen molar-refractivity contribution in [3.8, 4) is 0 Å². The van der Waals surface area contributed by atoms with Crippen molar-refractivity contribution in [3.05, 3.63) is 0 Å². The number of carboxylic acids is 2. The van der Waals surface area contributed by atoms with Gasteiger partial charge in [0.05, 0.1) is 0 Å². The van der Waals surface area contributed by atoms with Crippen molar-refractivity contribution in [2.45, 2.75) is 12.2 Å². The second-order valence-electron chi connectivity index (χ2n) is 1.57. The van der Waals surface area contributed by atoms with Gasteiger partial charge >= 0.3 is 92.9 Å². The van der Waals surface area contributed by atoms with Crippen molar-refractivity contribution in [1.82, 2.24) is 0 Å². The van der Waals surface area contributed by atoms with Gasteiger partial charge in [-0.2, -0.15) is 0 Å². The first kappa shape index (κ1) is 43.3. The van der Waals surface area contributed by atoms with Gasteiger partial charge in [-0.1, -0.05) is 0 Å². The molecule has 16 heavy (non-hydrogen) atoms. The molecule has 0 saturated heterocycles. The van der Waals surface area contributed by atoms with Gasteiger partial charge in [-0.05, 0) is 0 Å². The van der Waals surface area contributed by atoms with Gasteiger partial charge in [0.1, 0.15) is 0 Å². The van der Waals surface area contributed by atoms with Gasteiger partial charge in [0.2, 0.25) is 0 Å². The van der Waals surface area contributed by atoms with Gasteiger partial charge < -0.3 is 42.3 Å². The fourth-order valence-corrected chi connectivity index (χ4v) is 0.270. The molecule has 0 bridgehead atoms. The molecule has 12 heteroatoms. The van der Waals surface area contributed by atoms with E-state index >= 15 is 0 Å². The second-order valence-corrected chi connectivity index (χ2v) is 1.57. The van der Waals surface area contributed by atoms with Gasteiger partial charge in [0.25, 0.3) is 0 Å². The fourth-order valence-electron chi connectivity index (χ4n) is 0.270. The summed E-state index contributed by atoms with van der Waals surface area (Å²) in [6, 6.07) is 0. The number of aliphatic carboxylic acids is 2. The number of hydrogen-bond donors (Lipinski definition) is 4. The van der Waals surface area contributed by atoms with E-state index in [2.05, 4.69) is 0 Å². The molecule has 0 aromatic rings. The number of aliphatic hydroxyl groups excluding tert-OH is 2. The van der Waals surface area contributed by atoms with E-state index < -0.39 is 24.1 Å². The van der Waals surface area contributed by atoms with Gasteiger partial charge in [-0.25, -0.2) is 9.59 Å². The predicted octanol–water partition coefficient (Wildman–Crippen LogP) is -6.72. The normalized spacial score (nSPS) is 9.88. The Morgan fingerprint density at radius 2 is 0.875 bits per heavy atom. The molecule has 0 spiro atoms. The summed E-state index contributed by atoms with van der Waals surface area (Å²) in [4.78, 5) is 19.5. The molecular weight excluding hydrogens is 270 g/mol. The Morgan fingerprint density at radius 3 is 0.938 bits per heavy atom. The summed E-state index contributed by atoms with van der Waals surface area (Å²) in [6.07, 6.45) is -4.53. The van der Waals surface area contributed by atoms with E-state index in [1.54, 1.807) is 0 Å². The summed E-state index contributed by atoms with van der Waals surface area (Å²) < 4.78 is 0. The molecule has 0 aliphatic rings. The molecule has 10 nitrogen and oxygen atoms in total. The van der Waals surface area contributed by atoms with Crippen LogP contribution in [0.25, 0.3) is 0 Å². The van der Waals surface area contributed by atoms with Gasteiger partial charge in [0, 0.05) is 0 Å². The Kier molecular flexibility index (Phi) is 58.5. The molecule has 2 atom stereocenters. The first-order valence-corrected chi connectivity index (χ1v) is 2.28. The summed E-state index contributed by atoms with van der Waals surface area (Å²) in [7, 11) is 0. The summed E-state index contributed by atoms with van der Waals surface area (Å²) in [5.74, 6) is -3.54. The van der Waals surface area contributed by atoms with E-state index in [4.69, 9.17) is 20.4 Å². The third-order valence-electron chi connectivity index (χ3n) is 0.805. The molecule has 0 saturated carbocycles. The van der Waals surface area contributed by atoms with Crippen LogP contribution in [0.15, 0.2) is 0 Å². The average molecular weight is 286 g/mol. The van der Waals surface area contributed by atoms with Crippen molar-refractivity contribution in [2.75, 3.05) is 0 Å². The molecule has 0 aromatic heterocycles. The van der Waals surface area contributed by atoms with Gasteiger partial charge in [-0.15, -0.1) is 0 Å². The number of carbonyl (C=O) groups is 2. The molecule has 0 amide bonds. The van der Waals surface area contributed by atoms with E-state index in [0.29, 0.717) is 0 Å². The van der Waals surface area contributed by atoms with E-state index in [1.807, 2.05) is 0 Å². The van der Waals surface area contributed by atoms with Crippen molar-refractivity contribution in [2.24, 2.45) is 0 Å². The molecule has 0 aromatic carbocycles. The zero-order chi connectivity index (χ0) is 8.31. The number of hydrogen-bond acceptors (Lipinski definition) is 4. The van der Waals surface area contributed by atoms with Crippen LogP contribution in [0.2, 0.25) is 0 Å². The van der Waals surface area contributed by atoms with E-state index in [1.165, 1.54) is 0 Å². The number of rotatable bonds is 3. The van der Waals surface area contributed by atoms with Crippen LogP contribution < -0.4 is 0 Å². The molecule has 0 radical (unpaired) electrons. The van der Waals surface area contributed by atoms with E-state index in [9.17, 15) is 9.59 Å². The van der Waals surface area contributed by atoms with Crippen LogP contribution in [-0.4, -0.2) is 147 Å². The van der Waals surface area contributed by atoms with Crippen molar-refractivity contribution in [3.63, 3.8) is 0 Å². The first-order chi connectivity index (χ1) is 4.46. The number of carboxylic acid groups (broad SMARTS) is 2. The molecule has 0 aliphatic carbocycles. The fraction of sp³-hybridized carbons (Fsp3) is 0.500. The van der Waals surface area contributed by atoms with Crippen molar-refractivity contribution in [1.29, 1.82) is 0 Å². The molecule has 0 heterocycles. The van der Waals surface area contributed by atoms with Crippen LogP contribution in [0.3, 0.4) is 0 Å². The van der Waals surface area contributed by atoms with Gasteiger partial charge in [-0.3, -0.25) is 0 Å². The Balaban J connectivity index is -0.0000000270. The van der Waals surface area contributed by atoms with Crippen LogP contribution in [0.5, 0.6) is 0 Å². The van der Waals surface area contributed by atoms with Crippen LogP contribution in [-0.2, 0) is 9.59 Å². The van der Waals surface area contributed by atoms with Crippen LogP contribution >= 0.6 is 0 Å². The summed E-state index contributed by atoms with van der Waals surface area (Å²) in [6.45, 7) is 0. The molecule has 0 fully saturated rings. The third-order valence-corrected chi connectivity index (χ3v) is 0.805. The first-order valence-electron chi connectivity index (χ1n) is 2.28. The Bertz CT molecular complexity index is 147. The number of aliphatic hydroxyl groups is 2. The molecule has 12 N–H and O–H groups in total. The quantitative estimate of drug-likeness (QED) is 0.367.